The largest absolute Gasteiger partial charge is 0.414 e. The van der Waals surface area contributed by atoms with E-state index in [-0.39, 0.29) is 27.3 Å². The Kier molecular flexibility index (Phi) is 11.8. The topological polar surface area (TPSA) is 117 Å². The Labute approximate surface area is 330 Å². The van der Waals surface area contributed by atoms with Crippen LogP contribution in [0.25, 0.3) is 21.8 Å². The fourth-order valence-electron chi connectivity index (χ4n) is 6.52. The number of fused-ring (bicyclic) bond motifs is 3. The summed E-state index contributed by atoms with van der Waals surface area (Å²) in [6.45, 7) is 36.2. The second kappa shape index (κ2) is 15.0. The molecule has 4 aromatic rings. The Bertz CT molecular complexity index is 2130. The van der Waals surface area contributed by atoms with Gasteiger partial charge in [-0.1, -0.05) is 86.6 Å². The van der Waals surface area contributed by atoms with Crippen molar-refractivity contribution in [3.05, 3.63) is 80.6 Å². The molecule has 304 valence electrons. The summed E-state index contributed by atoms with van der Waals surface area (Å²) in [5, 5.41) is 13.7. The molecule has 0 spiro atoms. The van der Waals surface area contributed by atoms with Crippen LogP contribution in [-0.4, -0.2) is 69.1 Å². The van der Waals surface area contributed by atoms with E-state index in [1.165, 1.54) is 10.8 Å². The van der Waals surface area contributed by atoms with Crippen molar-refractivity contribution in [3.8, 4) is 0 Å². The Morgan fingerprint density at radius 3 is 1.89 bits per heavy atom. The summed E-state index contributed by atoms with van der Waals surface area (Å²) in [5.74, 6) is 0. The molecule has 0 saturated carbocycles. The number of hydrogen-bond donors (Lipinski definition) is 2. The number of aromatic nitrogens is 3. The average Bonchev–Trinajstić information content (AvgIpc) is 3.55. The van der Waals surface area contributed by atoms with E-state index in [0.29, 0.717) is 5.56 Å². The molecule has 1 unspecified atom stereocenters. The van der Waals surface area contributed by atoms with Gasteiger partial charge in [0.1, 0.15) is 24.4 Å². The number of aliphatic hydroxyl groups is 1. The van der Waals surface area contributed by atoms with Crippen molar-refractivity contribution in [1.29, 1.82) is 0 Å². The molecule has 3 heterocycles. The lowest BCUT2D eigenvalue weighted by Crippen LogP contribution is -2.55. The highest BCUT2D eigenvalue weighted by Crippen LogP contribution is 2.46. The zero-order valence-electron chi connectivity index (χ0n) is 36.2. The van der Waals surface area contributed by atoms with Gasteiger partial charge in [0, 0.05) is 34.5 Å². The minimum Gasteiger partial charge on any atom is -0.414 e. The van der Waals surface area contributed by atoms with Crippen molar-refractivity contribution in [2.24, 2.45) is 0 Å². The second-order valence-corrected chi connectivity index (χ2v) is 34.3. The summed E-state index contributed by atoms with van der Waals surface area (Å²) in [6.07, 6.45) is -2.64. The first kappa shape index (κ1) is 43.5. The van der Waals surface area contributed by atoms with Gasteiger partial charge in [0.05, 0.1) is 12.2 Å². The van der Waals surface area contributed by atoms with Crippen LogP contribution in [0, 0.1) is 0 Å². The van der Waals surface area contributed by atoms with Gasteiger partial charge >= 0.3 is 5.69 Å². The number of ether oxygens (including phenoxy) is 1. The molecule has 5 rings (SSSR count). The number of benzene rings is 2. The van der Waals surface area contributed by atoms with Gasteiger partial charge in [0.25, 0.3) is 5.56 Å². The van der Waals surface area contributed by atoms with E-state index < -0.39 is 66.8 Å². The zero-order valence-corrected chi connectivity index (χ0v) is 39.2. The van der Waals surface area contributed by atoms with Gasteiger partial charge in [0.15, 0.2) is 31.2 Å². The smallest absolute Gasteiger partial charge is 0.330 e. The number of nitrogens with zero attached hydrogens (tertiary/aromatic N) is 2. The Balaban J connectivity index is 1.65. The number of aliphatic hydroxyl groups excluding tert-OH is 1. The minimum absolute atomic E-state index is 0.0345. The molecule has 0 aliphatic carbocycles. The number of H-pyrrole nitrogens is 1. The quantitative estimate of drug-likeness (QED) is 0.145. The van der Waals surface area contributed by atoms with Crippen LogP contribution in [0.15, 0.2) is 58.3 Å². The lowest BCUT2D eigenvalue weighted by molar-refractivity contribution is -0.0513. The van der Waals surface area contributed by atoms with Crippen molar-refractivity contribution in [3.63, 3.8) is 0 Å². The van der Waals surface area contributed by atoms with Gasteiger partial charge in [-0.2, -0.15) is 0 Å². The molecule has 13 heteroatoms. The van der Waals surface area contributed by atoms with Crippen LogP contribution >= 0.6 is 0 Å². The van der Waals surface area contributed by atoms with E-state index in [0.717, 1.165) is 28.4 Å². The number of aromatic amines is 1. The first-order valence-corrected chi connectivity index (χ1v) is 28.5. The van der Waals surface area contributed by atoms with E-state index in [1.54, 1.807) is 0 Å². The molecule has 1 saturated heterocycles. The van der Waals surface area contributed by atoms with E-state index in [2.05, 4.69) is 130 Å². The lowest BCUT2D eigenvalue weighted by Gasteiger charge is -2.44. The number of para-hydroxylation sites is 1. The van der Waals surface area contributed by atoms with Crippen LogP contribution in [0.2, 0.25) is 54.4 Å². The van der Waals surface area contributed by atoms with E-state index in [4.69, 9.17) is 18.0 Å². The summed E-state index contributed by atoms with van der Waals surface area (Å²) in [4.78, 5) is 30.1. The van der Waals surface area contributed by atoms with E-state index in [9.17, 15) is 14.7 Å². The monoisotopic (exact) mass is 809 g/mol. The fraction of sp³-hybridized carbons (Fsp3) is 0.619. The molecule has 0 amide bonds. The SMILES string of the molecule is CCn1c2ccccc2c2cc(C(O)c3cn([C@@H]4O[C@H](CO[Si](C)(C)C(C)(C)C)[C@@H](O[Si](C)(C)C(C)(C)C)[C@H]4O[Si](C)(C)C(C)(C)C)c(=O)[nH]c3=O)ccc21. The molecule has 1 aliphatic heterocycles. The maximum absolute atomic E-state index is 14.0. The third kappa shape index (κ3) is 8.36. The van der Waals surface area contributed by atoms with Gasteiger partial charge in [-0.25, -0.2) is 4.79 Å². The second-order valence-electron chi connectivity index (χ2n) is 20.0. The maximum atomic E-state index is 14.0. The molecule has 2 aromatic heterocycles. The normalized spacial score (nSPS) is 21.2. The number of nitrogens with one attached hydrogen (secondary N) is 1. The molecular formula is C42H67N3O7Si3. The van der Waals surface area contributed by atoms with Crippen LogP contribution in [0.4, 0.5) is 0 Å². The van der Waals surface area contributed by atoms with Crippen molar-refractivity contribution in [2.75, 3.05) is 6.61 Å². The van der Waals surface area contributed by atoms with Crippen LogP contribution in [-0.2, 0) is 24.6 Å². The van der Waals surface area contributed by atoms with Crippen LogP contribution in [0.3, 0.4) is 0 Å². The summed E-state index contributed by atoms with van der Waals surface area (Å²) >= 11 is 0. The summed E-state index contributed by atoms with van der Waals surface area (Å²) in [7, 11) is -7.16. The Morgan fingerprint density at radius 1 is 0.782 bits per heavy atom. The molecule has 0 radical (unpaired) electrons. The molecule has 2 N–H and O–H groups in total. The predicted molar refractivity (Wildman–Crippen MR) is 232 cm³/mol. The van der Waals surface area contributed by atoms with Crippen LogP contribution in [0.5, 0.6) is 0 Å². The van der Waals surface area contributed by atoms with Crippen molar-refractivity contribution in [2.45, 2.75) is 161 Å². The minimum atomic E-state index is -2.51. The fourth-order valence-corrected chi connectivity index (χ4v) is 10.1. The van der Waals surface area contributed by atoms with Gasteiger partial charge in [0.2, 0.25) is 0 Å². The maximum Gasteiger partial charge on any atom is 0.330 e. The van der Waals surface area contributed by atoms with Crippen molar-refractivity contribution in [1.82, 2.24) is 14.1 Å². The lowest BCUT2D eigenvalue weighted by atomic mass is 10.0. The first-order chi connectivity index (χ1) is 25.1. The highest BCUT2D eigenvalue weighted by atomic mass is 28.4. The molecule has 0 bridgehead atoms. The van der Waals surface area contributed by atoms with Gasteiger partial charge in [-0.3, -0.25) is 14.3 Å². The molecular weight excluding hydrogens is 743 g/mol. The highest BCUT2D eigenvalue weighted by Gasteiger charge is 2.55. The van der Waals surface area contributed by atoms with Gasteiger partial charge < -0.3 is 27.7 Å². The highest BCUT2D eigenvalue weighted by molar-refractivity contribution is 6.75. The Morgan fingerprint density at radius 2 is 1.33 bits per heavy atom. The Hall–Kier alpha value is -2.63. The molecule has 1 fully saturated rings. The summed E-state index contributed by atoms with van der Waals surface area (Å²) in [5.41, 5.74) is 1.43. The first-order valence-electron chi connectivity index (χ1n) is 19.8. The third-order valence-corrected chi connectivity index (χ3v) is 26.6. The average molecular weight is 810 g/mol. The molecule has 10 nitrogen and oxygen atoms in total. The number of rotatable bonds is 11. The number of aryl methyl sites for hydroxylation is 1. The molecule has 2 aromatic carbocycles. The summed E-state index contributed by atoms with van der Waals surface area (Å²) in [6, 6.07) is 14.0. The van der Waals surface area contributed by atoms with Crippen molar-refractivity contribution < 1.29 is 23.1 Å². The third-order valence-electron chi connectivity index (χ3n) is 13.2. The van der Waals surface area contributed by atoms with Gasteiger partial charge in [-0.15, -0.1) is 0 Å². The molecule has 5 atom stereocenters. The van der Waals surface area contributed by atoms with E-state index >= 15 is 0 Å². The molecule has 1 aliphatic rings. The van der Waals surface area contributed by atoms with Crippen LogP contribution in [0.1, 0.15) is 92.7 Å². The van der Waals surface area contributed by atoms with E-state index in [1.807, 2.05) is 30.3 Å². The zero-order chi connectivity index (χ0) is 41.3. The predicted octanol–water partition coefficient (Wildman–Crippen LogP) is 9.45. The standard InChI is InChI=1S/C42H67N3O7Si3/c1-17-44-31-21-19-18-20-28(31)29-24-27(22-23-32(29)44)34(46)30-25-45(39(48)43-37(30)47)38-36(52-55(15,16)42(8,9)10)35(51-54(13,14)41(5,6)7)33(50-38)26-49-53(11,12)40(2,3)4/h18-25,33-36,38,46H,17,26H2,1-16H3,(H,43,47,48)/t33-,34?,35-,36-,38-/m1/s1. The molecule has 55 heavy (non-hydrogen) atoms. The van der Waals surface area contributed by atoms with Crippen LogP contribution < -0.4 is 11.2 Å². The van der Waals surface area contributed by atoms with Crippen molar-refractivity contribution >= 4 is 46.8 Å². The number of hydrogen-bond acceptors (Lipinski definition) is 7. The van der Waals surface area contributed by atoms with Gasteiger partial charge in [-0.05, 0) is 85.1 Å². The summed E-state index contributed by atoms with van der Waals surface area (Å²) < 4.78 is 31.9.